The number of pyridine rings is 1. The number of hydrogen-bond donors (Lipinski definition) is 1. The summed E-state index contributed by atoms with van der Waals surface area (Å²) in [5, 5.41) is 0.842. The second kappa shape index (κ2) is 9.76. The van der Waals surface area contributed by atoms with Gasteiger partial charge in [-0.1, -0.05) is 6.07 Å². The second-order valence-electron chi connectivity index (χ2n) is 9.54. The van der Waals surface area contributed by atoms with Crippen molar-refractivity contribution in [2.24, 2.45) is 0 Å². The lowest BCUT2D eigenvalue weighted by Gasteiger charge is -2.36. The molecule has 0 spiro atoms. The highest BCUT2D eigenvalue weighted by Crippen LogP contribution is 2.32. The Morgan fingerprint density at radius 3 is 2.39 bits per heavy atom. The third-order valence-corrected chi connectivity index (χ3v) is 6.11. The van der Waals surface area contributed by atoms with Gasteiger partial charge in [-0.2, -0.15) is 0 Å². The molecule has 1 saturated heterocycles. The van der Waals surface area contributed by atoms with Crippen molar-refractivity contribution in [3.63, 3.8) is 0 Å². The lowest BCUT2D eigenvalue weighted by molar-refractivity contribution is 0.0240. The summed E-state index contributed by atoms with van der Waals surface area (Å²) < 4.78 is 36.7. The largest absolute Gasteiger partial charge is 0.480 e. The van der Waals surface area contributed by atoms with Gasteiger partial charge in [0.25, 0.3) is 0 Å². The molecule has 0 aliphatic carbocycles. The number of sulfonamides is 1. The van der Waals surface area contributed by atoms with Crippen LogP contribution in [-0.4, -0.2) is 79.5 Å². The number of anilines is 2. The smallest absolute Gasteiger partial charge is 0.410 e. The topological polar surface area (TPSA) is 127 Å². The van der Waals surface area contributed by atoms with Crippen molar-refractivity contribution in [1.82, 2.24) is 19.9 Å². The molecule has 0 bridgehead atoms. The normalized spacial score (nSPS) is 14.6. The number of rotatable bonds is 5. The highest BCUT2D eigenvalue weighted by atomic mass is 32.2. The Morgan fingerprint density at radius 2 is 1.75 bits per heavy atom. The Hall–Kier alpha value is -3.67. The predicted molar refractivity (Wildman–Crippen MR) is 138 cm³/mol. The van der Waals surface area contributed by atoms with Gasteiger partial charge in [0.15, 0.2) is 0 Å². The molecule has 3 heterocycles. The van der Waals surface area contributed by atoms with E-state index in [1.807, 2.05) is 39.0 Å². The molecule has 12 heteroatoms. The molecule has 36 heavy (non-hydrogen) atoms. The quantitative estimate of drug-likeness (QED) is 0.546. The van der Waals surface area contributed by atoms with Gasteiger partial charge >= 0.3 is 6.09 Å². The number of carbonyl (C=O) groups is 1. The molecule has 0 radical (unpaired) electrons. The fourth-order valence-electron chi connectivity index (χ4n) is 3.95. The molecule has 11 nitrogen and oxygen atoms in total. The van der Waals surface area contributed by atoms with Gasteiger partial charge in [0.2, 0.25) is 15.9 Å². The van der Waals surface area contributed by atoms with Crippen LogP contribution in [0.4, 0.5) is 16.3 Å². The Kier molecular flexibility index (Phi) is 6.90. The number of carbonyl (C=O) groups excluding carboxylic acids is 1. The van der Waals surface area contributed by atoms with Gasteiger partial charge in [0.1, 0.15) is 23.4 Å². The lowest BCUT2D eigenvalue weighted by Crippen LogP contribution is -2.50. The van der Waals surface area contributed by atoms with Crippen molar-refractivity contribution < 1.29 is 22.7 Å². The maximum Gasteiger partial charge on any atom is 0.410 e. The number of hydrogen-bond acceptors (Lipinski definition) is 9. The fourth-order valence-corrected chi connectivity index (χ4v) is 4.49. The van der Waals surface area contributed by atoms with Gasteiger partial charge in [0.05, 0.1) is 18.9 Å². The number of amides is 1. The molecule has 1 aliphatic rings. The van der Waals surface area contributed by atoms with Crippen LogP contribution >= 0.6 is 0 Å². The van der Waals surface area contributed by atoms with E-state index in [2.05, 4.69) is 24.6 Å². The van der Waals surface area contributed by atoms with Gasteiger partial charge < -0.3 is 19.3 Å². The first-order valence-electron chi connectivity index (χ1n) is 11.4. The average Bonchev–Trinajstić information content (AvgIpc) is 2.81. The average molecular weight is 515 g/mol. The van der Waals surface area contributed by atoms with Crippen molar-refractivity contribution in [1.29, 1.82) is 0 Å². The van der Waals surface area contributed by atoms with Gasteiger partial charge in [-0.25, -0.2) is 28.2 Å². The highest BCUT2D eigenvalue weighted by Gasteiger charge is 2.27. The molecule has 3 aromatic rings. The standard InChI is InChI=1S/C24H30N6O5S/c1-24(2,3)35-23(31)30-10-8-29(9-11-30)21-18-12-16(6-7-19(18)26-15-27-21)17-13-20(28-36(5,32)33)22(34-4)25-14-17/h6-7,12-15,28H,8-11H2,1-5H3. The highest BCUT2D eigenvalue weighted by molar-refractivity contribution is 7.92. The number of benzene rings is 1. The number of fused-ring (bicyclic) bond motifs is 1. The van der Waals surface area contributed by atoms with E-state index >= 15 is 0 Å². The van der Waals surface area contributed by atoms with Crippen LogP contribution in [0.15, 0.2) is 36.8 Å². The summed E-state index contributed by atoms with van der Waals surface area (Å²) in [5.74, 6) is 0.943. The van der Waals surface area contributed by atoms with Crippen LogP contribution in [0.25, 0.3) is 22.0 Å². The molecular formula is C24H30N6O5S. The number of aromatic nitrogens is 3. The van der Waals surface area contributed by atoms with Gasteiger partial charge in [-0.15, -0.1) is 0 Å². The maximum atomic E-state index is 12.4. The van der Waals surface area contributed by atoms with Gasteiger partial charge in [-0.3, -0.25) is 4.72 Å². The summed E-state index contributed by atoms with van der Waals surface area (Å²) in [6.07, 6.45) is 3.90. The van der Waals surface area contributed by atoms with Crippen molar-refractivity contribution in [2.45, 2.75) is 26.4 Å². The Balaban J connectivity index is 1.62. The minimum Gasteiger partial charge on any atom is -0.480 e. The van der Waals surface area contributed by atoms with Gasteiger partial charge in [0, 0.05) is 43.3 Å². The number of piperazine rings is 1. The van der Waals surface area contributed by atoms with Crippen LogP contribution < -0.4 is 14.4 Å². The molecule has 0 unspecified atom stereocenters. The second-order valence-corrected chi connectivity index (χ2v) is 11.3. The minimum atomic E-state index is -3.52. The Labute approximate surface area is 210 Å². The number of nitrogens with zero attached hydrogens (tertiary/aromatic N) is 5. The SMILES string of the molecule is COc1ncc(-c2ccc3ncnc(N4CCN(C(=O)OC(C)(C)C)CC4)c3c2)cc1NS(C)(=O)=O. The zero-order chi connectivity index (χ0) is 26.1. The van der Waals surface area contributed by atoms with Crippen molar-refractivity contribution in [2.75, 3.05) is 49.2 Å². The molecule has 1 fully saturated rings. The Bertz CT molecular complexity index is 1380. The van der Waals surface area contributed by atoms with Crippen LogP contribution in [0, 0.1) is 0 Å². The van der Waals surface area contributed by atoms with E-state index in [1.54, 1.807) is 17.2 Å². The van der Waals surface area contributed by atoms with Crippen molar-refractivity contribution >= 4 is 38.5 Å². The predicted octanol–water partition coefficient (Wildman–Crippen LogP) is 3.13. The van der Waals surface area contributed by atoms with E-state index < -0.39 is 15.6 Å². The molecule has 1 N–H and O–H groups in total. The molecule has 0 atom stereocenters. The molecule has 1 amide bonds. The first-order chi connectivity index (χ1) is 16.9. The third-order valence-electron chi connectivity index (χ3n) is 5.52. The number of methoxy groups -OCH3 is 1. The van der Waals surface area contributed by atoms with E-state index in [0.29, 0.717) is 31.7 Å². The maximum absolute atomic E-state index is 12.4. The summed E-state index contributed by atoms with van der Waals surface area (Å²) in [7, 11) is -2.09. The number of ether oxygens (including phenoxy) is 2. The van der Waals surface area contributed by atoms with Crippen LogP contribution in [0.3, 0.4) is 0 Å². The summed E-state index contributed by atoms with van der Waals surface area (Å²) in [5.41, 5.74) is 2.00. The van der Waals surface area contributed by atoms with Crippen molar-refractivity contribution in [3.05, 3.63) is 36.8 Å². The minimum absolute atomic E-state index is 0.178. The molecule has 192 valence electrons. The van der Waals surface area contributed by atoms with E-state index in [0.717, 1.165) is 28.5 Å². The van der Waals surface area contributed by atoms with E-state index in [1.165, 1.54) is 13.4 Å². The van der Waals surface area contributed by atoms with E-state index in [-0.39, 0.29) is 17.7 Å². The van der Waals surface area contributed by atoms with Crippen LogP contribution in [0.1, 0.15) is 20.8 Å². The van der Waals surface area contributed by atoms with Crippen LogP contribution in [0.2, 0.25) is 0 Å². The molecule has 4 rings (SSSR count). The monoisotopic (exact) mass is 514 g/mol. The molecule has 2 aromatic heterocycles. The van der Waals surface area contributed by atoms with Crippen LogP contribution in [0.5, 0.6) is 5.88 Å². The van der Waals surface area contributed by atoms with Crippen molar-refractivity contribution in [3.8, 4) is 17.0 Å². The first kappa shape index (κ1) is 25.4. The summed E-state index contributed by atoms with van der Waals surface area (Å²) >= 11 is 0. The lowest BCUT2D eigenvalue weighted by atomic mass is 10.0. The fraction of sp³-hybridized carbons (Fsp3) is 0.417. The first-order valence-corrected chi connectivity index (χ1v) is 13.3. The van der Waals surface area contributed by atoms with E-state index in [4.69, 9.17) is 9.47 Å². The zero-order valence-corrected chi connectivity index (χ0v) is 21.8. The summed E-state index contributed by atoms with van der Waals surface area (Å²) in [4.78, 5) is 29.5. The molecule has 1 aliphatic heterocycles. The summed E-state index contributed by atoms with van der Waals surface area (Å²) in [6, 6.07) is 7.42. The van der Waals surface area contributed by atoms with E-state index in [9.17, 15) is 13.2 Å². The third kappa shape index (κ3) is 5.93. The van der Waals surface area contributed by atoms with Crippen LogP contribution in [-0.2, 0) is 14.8 Å². The summed E-state index contributed by atoms with van der Waals surface area (Å²) in [6.45, 7) is 7.79. The molecule has 1 aromatic carbocycles. The zero-order valence-electron chi connectivity index (χ0n) is 21.0. The molecule has 0 saturated carbocycles. The number of nitrogens with one attached hydrogen (secondary N) is 1. The van der Waals surface area contributed by atoms with Gasteiger partial charge in [-0.05, 0) is 44.5 Å². The Morgan fingerprint density at radius 1 is 1.03 bits per heavy atom. The molecular weight excluding hydrogens is 484 g/mol.